The Balaban J connectivity index is 1.74. The summed E-state index contributed by atoms with van der Waals surface area (Å²) >= 11 is 0. The summed E-state index contributed by atoms with van der Waals surface area (Å²) in [6, 6.07) is 1.15. The molecule has 1 unspecified atom stereocenters. The van der Waals surface area contributed by atoms with Crippen molar-refractivity contribution in [2.24, 2.45) is 0 Å². The van der Waals surface area contributed by atoms with Gasteiger partial charge < -0.3 is 9.47 Å². The Kier molecular flexibility index (Phi) is 2.28. The third-order valence-corrected chi connectivity index (χ3v) is 5.37. The number of carbonyl (C=O) groups excluding carboxylic acids is 1. The minimum absolute atomic E-state index is 0.176. The molecule has 0 aromatic carbocycles. The molecule has 4 rings (SSSR count). The fraction of sp³-hybridized carbons (Fsp3) is 0.667. The van der Waals surface area contributed by atoms with E-state index < -0.39 is 0 Å². The fourth-order valence-corrected chi connectivity index (χ4v) is 4.50. The fourth-order valence-electron chi connectivity index (χ4n) is 4.50. The van der Waals surface area contributed by atoms with Crippen LogP contribution in [0.4, 0.5) is 0 Å². The topological polar surface area (TPSA) is 38.8 Å². The predicted octanol–water partition coefficient (Wildman–Crippen LogP) is 1.42. The van der Waals surface area contributed by atoms with E-state index in [4.69, 9.17) is 9.47 Å². The number of hydrogen-bond donors (Lipinski definition) is 0. The molecule has 2 saturated heterocycles. The van der Waals surface area contributed by atoms with Crippen LogP contribution in [-0.4, -0.2) is 47.8 Å². The summed E-state index contributed by atoms with van der Waals surface area (Å²) in [6.07, 6.45) is 9.33. The minimum Gasteiger partial charge on any atom is -0.449 e. The van der Waals surface area contributed by atoms with Gasteiger partial charge in [0.25, 0.3) is 0 Å². The number of methoxy groups -OCH3 is 1. The monoisotopic (exact) mass is 261 g/mol. The zero-order valence-corrected chi connectivity index (χ0v) is 11.3. The molecular weight excluding hydrogens is 242 g/mol. The van der Waals surface area contributed by atoms with Crippen molar-refractivity contribution in [3.63, 3.8) is 0 Å². The van der Waals surface area contributed by atoms with E-state index in [-0.39, 0.29) is 17.7 Å². The Hall–Kier alpha value is -1.13. The van der Waals surface area contributed by atoms with Gasteiger partial charge in [0.05, 0.1) is 12.1 Å². The summed E-state index contributed by atoms with van der Waals surface area (Å²) in [5.41, 5.74) is 0.714. The second kappa shape index (κ2) is 3.70. The lowest BCUT2D eigenvalue weighted by Gasteiger charge is -2.33. The molecule has 5 atom stereocenters. The zero-order valence-electron chi connectivity index (χ0n) is 11.3. The third kappa shape index (κ3) is 1.33. The molecule has 4 aliphatic rings. The second-order valence-corrected chi connectivity index (χ2v) is 6.09. The van der Waals surface area contributed by atoms with Gasteiger partial charge in [0.2, 0.25) is 0 Å². The Morgan fingerprint density at radius 3 is 3.16 bits per heavy atom. The molecule has 3 aliphatic heterocycles. The molecule has 4 nitrogen and oxygen atoms in total. The lowest BCUT2D eigenvalue weighted by Crippen LogP contribution is -2.47. The largest absolute Gasteiger partial charge is 0.449 e. The highest BCUT2D eigenvalue weighted by Crippen LogP contribution is 2.54. The summed E-state index contributed by atoms with van der Waals surface area (Å²) in [5.74, 6) is -0.176. The Morgan fingerprint density at radius 2 is 2.37 bits per heavy atom. The van der Waals surface area contributed by atoms with Gasteiger partial charge in [-0.15, -0.1) is 0 Å². The van der Waals surface area contributed by atoms with Crippen LogP contribution in [0.15, 0.2) is 23.8 Å². The Labute approximate surface area is 113 Å². The first kappa shape index (κ1) is 11.7. The van der Waals surface area contributed by atoms with E-state index >= 15 is 0 Å². The molecule has 0 aromatic rings. The van der Waals surface area contributed by atoms with Crippen molar-refractivity contribution in [1.29, 1.82) is 0 Å². The van der Waals surface area contributed by atoms with Gasteiger partial charge in [-0.2, -0.15) is 0 Å². The van der Waals surface area contributed by atoms with E-state index in [1.807, 2.05) is 0 Å². The standard InChI is InChI=1S/C15H19NO3/c1-9(18-2)12-5-6-13-15-8-11(16(12)13)4-3-10(15)7-14(17)19-15/h3-4,7,9,11-13H,5-6,8H2,1-2H3/t9?,11-,12-,13-,15+/m1/s1. The van der Waals surface area contributed by atoms with Gasteiger partial charge in [-0.3, -0.25) is 4.90 Å². The quantitative estimate of drug-likeness (QED) is 0.705. The molecule has 2 fully saturated rings. The van der Waals surface area contributed by atoms with Gasteiger partial charge >= 0.3 is 5.97 Å². The van der Waals surface area contributed by atoms with Gasteiger partial charge in [-0.25, -0.2) is 4.79 Å². The van der Waals surface area contributed by atoms with Crippen LogP contribution < -0.4 is 0 Å². The molecule has 0 amide bonds. The van der Waals surface area contributed by atoms with Gasteiger partial charge in [-0.1, -0.05) is 12.2 Å². The molecule has 1 aliphatic carbocycles. The number of hydrogen-bond acceptors (Lipinski definition) is 4. The van der Waals surface area contributed by atoms with Crippen molar-refractivity contribution in [2.75, 3.05) is 7.11 Å². The van der Waals surface area contributed by atoms with Crippen LogP contribution in [-0.2, 0) is 14.3 Å². The Bertz CT molecular complexity index is 498. The molecule has 4 heteroatoms. The van der Waals surface area contributed by atoms with Crippen LogP contribution in [0.5, 0.6) is 0 Å². The zero-order chi connectivity index (χ0) is 13.2. The molecule has 19 heavy (non-hydrogen) atoms. The highest BCUT2D eigenvalue weighted by atomic mass is 16.6. The molecule has 0 radical (unpaired) electrons. The third-order valence-electron chi connectivity index (χ3n) is 5.37. The lowest BCUT2D eigenvalue weighted by molar-refractivity contribution is -0.147. The van der Waals surface area contributed by atoms with E-state index in [2.05, 4.69) is 24.0 Å². The molecule has 1 spiro atoms. The SMILES string of the molecule is COC(C)[C@H]1CC[C@H]2N1[C@@H]1C=CC3=CC(=O)O[C@@]32C1. The first-order valence-electron chi connectivity index (χ1n) is 7.09. The number of fused-ring (bicyclic) bond motifs is 3. The second-order valence-electron chi connectivity index (χ2n) is 6.09. The first-order valence-corrected chi connectivity index (χ1v) is 7.09. The molecular formula is C15H19NO3. The maximum Gasteiger partial charge on any atom is 0.332 e. The van der Waals surface area contributed by atoms with Crippen molar-refractivity contribution in [3.05, 3.63) is 23.8 Å². The summed E-state index contributed by atoms with van der Waals surface area (Å²) in [4.78, 5) is 14.2. The van der Waals surface area contributed by atoms with E-state index in [1.165, 1.54) is 0 Å². The summed E-state index contributed by atoms with van der Waals surface area (Å²) in [7, 11) is 1.77. The lowest BCUT2D eigenvalue weighted by atomic mass is 9.81. The van der Waals surface area contributed by atoms with Gasteiger partial charge in [0.15, 0.2) is 5.60 Å². The molecule has 0 aromatic heterocycles. The minimum atomic E-state index is -0.362. The van der Waals surface area contributed by atoms with Gasteiger partial charge in [-0.05, 0) is 19.8 Å². The van der Waals surface area contributed by atoms with Crippen molar-refractivity contribution in [2.45, 2.75) is 56.0 Å². The average Bonchev–Trinajstić information content (AvgIpc) is 3.02. The summed E-state index contributed by atoms with van der Waals surface area (Å²) < 4.78 is 11.3. The van der Waals surface area contributed by atoms with Crippen LogP contribution in [0, 0.1) is 0 Å². The predicted molar refractivity (Wildman–Crippen MR) is 69.6 cm³/mol. The highest BCUT2D eigenvalue weighted by molar-refractivity contribution is 5.88. The maximum atomic E-state index is 11.7. The molecule has 0 N–H and O–H groups in total. The highest BCUT2D eigenvalue weighted by Gasteiger charge is 2.63. The molecule has 102 valence electrons. The smallest absolute Gasteiger partial charge is 0.332 e. The summed E-state index contributed by atoms with van der Waals surface area (Å²) in [6.45, 7) is 2.13. The van der Waals surface area contributed by atoms with Crippen molar-refractivity contribution in [3.8, 4) is 0 Å². The maximum absolute atomic E-state index is 11.7. The van der Waals surface area contributed by atoms with Crippen molar-refractivity contribution in [1.82, 2.24) is 4.90 Å². The van der Waals surface area contributed by atoms with Crippen LogP contribution in [0.2, 0.25) is 0 Å². The van der Waals surface area contributed by atoms with Gasteiger partial charge in [0.1, 0.15) is 0 Å². The molecule has 2 bridgehead atoms. The van der Waals surface area contributed by atoms with E-state index in [0.717, 1.165) is 24.8 Å². The summed E-state index contributed by atoms with van der Waals surface area (Å²) in [5, 5.41) is 0. The number of rotatable bonds is 2. The normalized spacial score (nSPS) is 44.8. The van der Waals surface area contributed by atoms with Crippen LogP contribution >= 0.6 is 0 Å². The number of carbonyl (C=O) groups is 1. The van der Waals surface area contributed by atoms with Crippen molar-refractivity contribution < 1.29 is 14.3 Å². The molecule has 3 heterocycles. The van der Waals surface area contributed by atoms with Gasteiger partial charge in [0, 0.05) is 37.3 Å². The number of nitrogens with zero attached hydrogens (tertiary/aromatic N) is 1. The van der Waals surface area contributed by atoms with E-state index in [0.29, 0.717) is 18.1 Å². The van der Waals surface area contributed by atoms with E-state index in [9.17, 15) is 4.79 Å². The number of esters is 1. The van der Waals surface area contributed by atoms with Crippen LogP contribution in [0.25, 0.3) is 0 Å². The van der Waals surface area contributed by atoms with Crippen molar-refractivity contribution >= 4 is 5.97 Å². The van der Waals surface area contributed by atoms with E-state index in [1.54, 1.807) is 13.2 Å². The van der Waals surface area contributed by atoms with Crippen LogP contribution in [0.1, 0.15) is 26.2 Å². The Morgan fingerprint density at radius 1 is 1.53 bits per heavy atom. The van der Waals surface area contributed by atoms with Crippen LogP contribution in [0.3, 0.4) is 0 Å². The average molecular weight is 261 g/mol. The number of ether oxygens (including phenoxy) is 2. The molecule has 0 saturated carbocycles. The first-order chi connectivity index (χ1) is 9.15.